The fourth-order valence-electron chi connectivity index (χ4n) is 9.96. The summed E-state index contributed by atoms with van der Waals surface area (Å²) in [5, 5.41) is 23.9. The largest absolute Gasteiger partial charge is 0.459 e. The molecule has 2 aliphatic rings. The Balaban J connectivity index is 1.70. The van der Waals surface area contributed by atoms with Gasteiger partial charge in [-0.15, -0.1) is 0 Å². The lowest BCUT2D eigenvalue weighted by Gasteiger charge is -2.48. The predicted octanol–water partition coefficient (Wildman–Crippen LogP) is 7.20. The Morgan fingerprint density at radius 3 is 1.94 bits per heavy atom. The summed E-state index contributed by atoms with van der Waals surface area (Å²) in [6.45, 7) is 18.1. The van der Waals surface area contributed by atoms with Crippen LogP contribution in [0.5, 0.6) is 0 Å². The minimum atomic E-state index is -1.99. The standard InChI is InChI=1S/C54H83NO15/c1-15-41(66-52-46(40(55(11)12)30-33(5)64-52)69-50(59)38-24-20-18-21-25-38)34(6)45(68-43-31-53(10,63-14)48(37(9)65-43)70-51(60)39-26-22-19-23-27-39)36(8)49(58)67-42(16-2)54(61,17-3)47(57)35(7)44(56)32(4)28-29-62-13/h18-27,32-37,40-43,45-48,52,57,61H,15-17,28-31H2,1-14H3/t32-,33?,34?,35+,36?,37?,40?,41+,42?,43+,45?,46?,47-,48+,52?,53-,54-/m1/s1. The molecule has 0 radical (unpaired) electrons. The second kappa shape index (κ2) is 26.7. The summed E-state index contributed by atoms with van der Waals surface area (Å²) in [6.07, 6.45) is -7.58. The maximum atomic E-state index is 14.7. The van der Waals surface area contributed by atoms with E-state index in [1.54, 1.807) is 103 Å². The number of nitrogens with zero attached hydrogens (tertiary/aromatic N) is 1. The van der Waals surface area contributed by atoms with Gasteiger partial charge in [0.15, 0.2) is 24.8 Å². The van der Waals surface area contributed by atoms with Crippen molar-refractivity contribution >= 4 is 23.7 Å². The van der Waals surface area contributed by atoms with Crippen LogP contribution in [0.4, 0.5) is 0 Å². The van der Waals surface area contributed by atoms with Crippen LogP contribution in [0.15, 0.2) is 60.7 Å². The van der Waals surface area contributed by atoms with Crippen LogP contribution in [0.25, 0.3) is 0 Å². The van der Waals surface area contributed by atoms with Gasteiger partial charge in [-0.25, -0.2) is 9.59 Å². The van der Waals surface area contributed by atoms with Crippen LogP contribution < -0.4 is 0 Å². The number of rotatable bonds is 26. The van der Waals surface area contributed by atoms with E-state index >= 15 is 0 Å². The fraction of sp³-hybridized carbons (Fsp3) is 0.704. The number of carbonyl (C=O) groups excluding carboxylic acids is 4. The number of likely N-dealkylation sites (N-methyl/N-ethyl adjacent to an activating group) is 1. The van der Waals surface area contributed by atoms with E-state index in [9.17, 15) is 29.4 Å². The SMILES string of the molecule is CCC(OC(=O)C(C)C(O[C@H]1C[C@@](C)(OC)[C@@H](OC(=O)c2ccccc2)C(C)O1)C(C)[C@H](CC)OC1OC(C)CC(N(C)C)C1OC(=O)c1ccccc1)[C@](O)(CC)[C@H](O)[C@@H](C)C(=O)[C@H](C)CCOC. The smallest absolute Gasteiger partial charge is 0.338 e. The molecule has 2 aliphatic heterocycles. The van der Waals surface area contributed by atoms with Crippen LogP contribution in [-0.2, 0) is 52.2 Å². The van der Waals surface area contributed by atoms with Crippen LogP contribution in [0.3, 0.4) is 0 Å². The number of ether oxygens (including phenoxy) is 9. The van der Waals surface area contributed by atoms with Crippen LogP contribution in [0.2, 0.25) is 0 Å². The number of aliphatic hydroxyl groups is 2. The maximum absolute atomic E-state index is 14.7. The van der Waals surface area contributed by atoms with E-state index in [2.05, 4.69) is 0 Å². The minimum absolute atomic E-state index is 0.0241. The highest BCUT2D eigenvalue weighted by Gasteiger charge is 2.52. The first-order valence-corrected chi connectivity index (χ1v) is 25.1. The zero-order chi connectivity index (χ0) is 52.1. The second-order valence-electron chi connectivity index (χ2n) is 19.8. The molecular formula is C54H83NO15. The number of carbonyl (C=O) groups is 4. The van der Waals surface area contributed by atoms with Gasteiger partial charge in [0.25, 0.3) is 0 Å². The van der Waals surface area contributed by atoms with E-state index in [1.165, 1.54) is 7.11 Å². The molecule has 2 heterocycles. The van der Waals surface area contributed by atoms with Crippen molar-refractivity contribution in [3.63, 3.8) is 0 Å². The maximum Gasteiger partial charge on any atom is 0.338 e. The third-order valence-electron chi connectivity index (χ3n) is 14.6. The molecule has 2 aromatic rings. The highest BCUT2D eigenvalue weighted by molar-refractivity contribution is 5.90. The Labute approximate surface area is 416 Å². The van der Waals surface area contributed by atoms with E-state index in [4.69, 9.17) is 42.6 Å². The van der Waals surface area contributed by atoms with E-state index in [0.29, 0.717) is 37.0 Å². The lowest BCUT2D eigenvalue weighted by atomic mass is 9.76. The van der Waals surface area contributed by atoms with Gasteiger partial charge in [0.1, 0.15) is 23.1 Å². The molecule has 16 nitrogen and oxygen atoms in total. The molecule has 2 aromatic carbocycles. The Bertz CT molecular complexity index is 1940. The number of hydrogen-bond acceptors (Lipinski definition) is 16. The van der Waals surface area contributed by atoms with Gasteiger partial charge in [-0.3, -0.25) is 9.59 Å². The summed E-state index contributed by atoms with van der Waals surface area (Å²) in [5.41, 5.74) is -2.35. The number of hydrogen-bond donors (Lipinski definition) is 2. The van der Waals surface area contributed by atoms with Crippen molar-refractivity contribution in [1.29, 1.82) is 0 Å². The van der Waals surface area contributed by atoms with Gasteiger partial charge in [-0.05, 0) is 98.2 Å². The molecule has 9 unspecified atom stereocenters. The van der Waals surface area contributed by atoms with Crippen molar-refractivity contribution < 1.29 is 72.0 Å². The lowest BCUT2D eigenvalue weighted by Crippen LogP contribution is -2.59. The quantitative estimate of drug-likeness (QED) is 0.0709. The zero-order valence-electron chi connectivity index (χ0n) is 44.0. The van der Waals surface area contributed by atoms with E-state index in [0.717, 1.165) is 0 Å². The van der Waals surface area contributed by atoms with E-state index in [-0.39, 0.29) is 37.2 Å². The summed E-state index contributed by atoms with van der Waals surface area (Å²) in [5.74, 6) is -5.14. The molecule has 17 atom stereocenters. The Hall–Kier alpha value is -3.84. The highest BCUT2D eigenvalue weighted by Crippen LogP contribution is 2.39. The number of aliphatic hydroxyl groups excluding tert-OH is 1. The molecule has 16 heteroatoms. The van der Waals surface area contributed by atoms with Crippen molar-refractivity contribution in [1.82, 2.24) is 4.90 Å². The van der Waals surface area contributed by atoms with Crippen molar-refractivity contribution in [3.05, 3.63) is 71.8 Å². The molecule has 2 N–H and O–H groups in total. The number of esters is 3. The van der Waals surface area contributed by atoms with Gasteiger partial charge >= 0.3 is 17.9 Å². The number of ketones is 1. The van der Waals surface area contributed by atoms with Crippen LogP contribution in [0, 0.1) is 23.7 Å². The summed E-state index contributed by atoms with van der Waals surface area (Å²) >= 11 is 0. The van der Waals surface area contributed by atoms with Crippen molar-refractivity contribution in [3.8, 4) is 0 Å². The average Bonchev–Trinajstić information content (AvgIpc) is 3.36. The summed E-state index contributed by atoms with van der Waals surface area (Å²) in [4.78, 5) is 57.1. The Kier molecular flexibility index (Phi) is 22.4. The molecule has 2 fully saturated rings. The van der Waals surface area contributed by atoms with Crippen LogP contribution in [-0.4, -0.2) is 152 Å². The molecular weight excluding hydrogens is 903 g/mol. The van der Waals surface area contributed by atoms with Gasteiger partial charge in [0, 0.05) is 45.0 Å². The molecule has 0 spiro atoms. The van der Waals surface area contributed by atoms with Gasteiger partial charge in [0.2, 0.25) is 0 Å². The van der Waals surface area contributed by atoms with Crippen LogP contribution in [0.1, 0.15) is 128 Å². The monoisotopic (exact) mass is 986 g/mol. The second-order valence-corrected chi connectivity index (χ2v) is 19.8. The molecule has 4 rings (SSSR count). The van der Waals surface area contributed by atoms with Gasteiger partial charge in [0.05, 0.1) is 53.6 Å². The summed E-state index contributed by atoms with van der Waals surface area (Å²) in [6, 6.07) is 17.1. The van der Waals surface area contributed by atoms with Crippen molar-refractivity contribution in [2.75, 3.05) is 34.9 Å². The number of methoxy groups -OCH3 is 2. The van der Waals surface area contributed by atoms with E-state index in [1.807, 2.05) is 52.8 Å². The third-order valence-corrected chi connectivity index (χ3v) is 14.6. The predicted molar refractivity (Wildman–Crippen MR) is 262 cm³/mol. The number of benzene rings is 2. The molecule has 394 valence electrons. The average molecular weight is 986 g/mol. The molecule has 2 saturated heterocycles. The Morgan fingerprint density at radius 1 is 0.843 bits per heavy atom. The normalized spacial score (nSPS) is 28.2. The van der Waals surface area contributed by atoms with E-state index < -0.39 is 108 Å². The molecule has 0 amide bonds. The van der Waals surface area contributed by atoms with Crippen molar-refractivity contribution in [2.45, 2.75) is 186 Å². The Morgan fingerprint density at radius 2 is 1.43 bits per heavy atom. The first-order chi connectivity index (χ1) is 33.1. The fourth-order valence-corrected chi connectivity index (χ4v) is 9.96. The van der Waals surface area contributed by atoms with Gasteiger partial charge in [-0.2, -0.15) is 0 Å². The molecule has 0 saturated carbocycles. The molecule has 0 bridgehead atoms. The van der Waals surface area contributed by atoms with Gasteiger partial charge in [-0.1, -0.05) is 77.9 Å². The molecule has 0 aliphatic carbocycles. The minimum Gasteiger partial charge on any atom is -0.459 e. The first-order valence-electron chi connectivity index (χ1n) is 25.1. The number of Topliss-reactive ketones (excluding diaryl/α,β-unsaturated/α-hetero) is 1. The summed E-state index contributed by atoms with van der Waals surface area (Å²) in [7, 11) is 6.90. The third kappa shape index (κ3) is 14.4. The topological polar surface area (TPSA) is 195 Å². The van der Waals surface area contributed by atoms with Gasteiger partial charge < -0.3 is 57.7 Å². The molecule has 70 heavy (non-hydrogen) atoms. The van der Waals surface area contributed by atoms with Crippen LogP contribution >= 0.6 is 0 Å². The first kappa shape index (κ1) is 58.7. The lowest BCUT2D eigenvalue weighted by molar-refractivity contribution is -0.305. The summed E-state index contributed by atoms with van der Waals surface area (Å²) < 4.78 is 56.5. The molecule has 0 aromatic heterocycles. The highest BCUT2D eigenvalue weighted by atomic mass is 16.7. The zero-order valence-corrected chi connectivity index (χ0v) is 44.0. The van der Waals surface area contributed by atoms with Crippen molar-refractivity contribution in [2.24, 2.45) is 23.7 Å².